The molecule has 19 heavy (non-hydrogen) atoms. The smallest absolute Gasteiger partial charge is 0.153 e. The quantitative estimate of drug-likeness (QED) is 0.863. The SMILES string of the molecule is NCC(Oc1cc(Cl)c(Cl)cc1Cl)c1ccccn1. The van der Waals surface area contributed by atoms with Crippen LogP contribution in [0, 0.1) is 0 Å². The van der Waals surface area contributed by atoms with Crippen LogP contribution < -0.4 is 10.5 Å². The fourth-order valence-electron chi connectivity index (χ4n) is 1.54. The van der Waals surface area contributed by atoms with Crippen molar-refractivity contribution in [2.24, 2.45) is 5.73 Å². The molecule has 0 saturated heterocycles. The van der Waals surface area contributed by atoms with Gasteiger partial charge in [-0.25, -0.2) is 0 Å². The number of nitrogens with two attached hydrogens (primary N) is 1. The third-order valence-electron chi connectivity index (χ3n) is 2.48. The molecular formula is C13H11Cl3N2O. The van der Waals surface area contributed by atoms with Gasteiger partial charge in [-0.3, -0.25) is 4.98 Å². The number of ether oxygens (including phenoxy) is 1. The van der Waals surface area contributed by atoms with Crippen molar-refractivity contribution in [3.05, 3.63) is 57.3 Å². The van der Waals surface area contributed by atoms with E-state index in [1.807, 2.05) is 18.2 Å². The van der Waals surface area contributed by atoms with Crippen molar-refractivity contribution in [1.82, 2.24) is 4.98 Å². The lowest BCUT2D eigenvalue weighted by atomic mass is 10.2. The monoisotopic (exact) mass is 316 g/mol. The summed E-state index contributed by atoms with van der Waals surface area (Å²) in [5, 5.41) is 1.13. The molecule has 1 heterocycles. The molecule has 0 spiro atoms. The van der Waals surface area contributed by atoms with E-state index in [1.165, 1.54) is 6.07 Å². The number of rotatable bonds is 4. The predicted molar refractivity (Wildman–Crippen MR) is 78.1 cm³/mol. The molecule has 0 aliphatic carbocycles. The Kier molecular flexibility index (Phi) is 4.88. The first kappa shape index (κ1) is 14.4. The maximum Gasteiger partial charge on any atom is 0.153 e. The highest BCUT2D eigenvalue weighted by Crippen LogP contribution is 2.35. The number of aromatic nitrogens is 1. The number of hydrogen-bond donors (Lipinski definition) is 1. The number of halogens is 3. The van der Waals surface area contributed by atoms with Crippen LogP contribution in [0.5, 0.6) is 5.75 Å². The first-order valence-electron chi connectivity index (χ1n) is 5.54. The molecule has 0 aliphatic heterocycles. The Morgan fingerprint density at radius 1 is 1.11 bits per heavy atom. The van der Waals surface area contributed by atoms with E-state index in [0.29, 0.717) is 20.8 Å². The van der Waals surface area contributed by atoms with Gasteiger partial charge in [0, 0.05) is 18.8 Å². The minimum absolute atomic E-state index is 0.271. The molecule has 0 fully saturated rings. The summed E-state index contributed by atoms with van der Waals surface area (Å²) in [5.41, 5.74) is 6.43. The molecule has 0 aliphatic rings. The second-order valence-electron chi connectivity index (χ2n) is 3.79. The van der Waals surface area contributed by atoms with Gasteiger partial charge >= 0.3 is 0 Å². The van der Waals surface area contributed by atoms with Gasteiger partial charge in [-0.1, -0.05) is 40.9 Å². The minimum Gasteiger partial charge on any atom is -0.481 e. The summed E-state index contributed by atoms with van der Waals surface area (Å²) in [7, 11) is 0. The van der Waals surface area contributed by atoms with Gasteiger partial charge < -0.3 is 10.5 Å². The van der Waals surface area contributed by atoms with Crippen molar-refractivity contribution in [3.63, 3.8) is 0 Å². The van der Waals surface area contributed by atoms with Gasteiger partial charge in [0.2, 0.25) is 0 Å². The zero-order valence-corrected chi connectivity index (χ0v) is 12.1. The Bertz CT molecular complexity index is 563. The van der Waals surface area contributed by atoms with Crippen LogP contribution >= 0.6 is 34.8 Å². The largest absolute Gasteiger partial charge is 0.481 e. The highest BCUT2D eigenvalue weighted by molar-refractivity contribution is 6.43. The fraction of sp³-hybridized carbons (Fsp3) is 0.154. The van der Waals surface area contributed by atoms with Crippen molar-refractivity contribution >= 4 is 34.8 Å². The average molecular weight is 318 g/mol. The maximum atomic E-state index is 6.06. The zero-order valence-electron chi connectivity index (χ0n) is 9.82. The molecule has 100 valence electrons. The van der Waals surface area contributed by atoms with E-state index in [1.54, 1.807) is 12.3 Å². The Balaban J connectivity index is 2.26. The second kappa shape index (κ2) is 6.44. The second-order valence-corrected chi connectivity index (χ2v) is 5.02. The molecule has 2 rings (SSSR count). The highest BCUT2D eigenvalue weighted by atomic mass is 35.5. The normalized spacial score (nSPS) is 12.2. The van der Waals surface area contributed by atoms with Crippen molar-refractivity contribution < 1.29 is 4.74 Å². The molecule has 0 radical (unpaired) electrons. The van der Waals surface area contributed by atoms with Gasteiger partial charge in [-0.05, 0) is 18.2 Å². The molecule has 1 unspecified atom stereocenters. The van der Waals surface area contributed by atoms with Crippen molar-refractivity contribution in [3.8, 4) is 5.75 Å². The van der Waals surface area contributed by atoms with Crippen LogP contribution in [-0.2, 0) is 0 Å². The van der Waals surface area contributed by atoms with Crippen LogP contribution in [0.15, 0.2) is 36.5 Å². The Labute approximate surface area is 126 Å². The van der Waals surface area contributed by atoms with Crippen molar-refractivity contribution in [1.29, 1.82) is 0 Å². The van der Waals surface area contributed by atoms with Crippen LogP contribution in [0.2, 0.25) is 15.1 Å². The molecule has 6 heteroatoms. The molecule has 1 atom stereocenters. The van der Waals surface area contributed by atoms with Gasteiger partial charge in [0.1, 0.15) is 5.75 Å². The summed E-state index contributed by atoms with van der Waals surface area (Å²) in [4.78, 5) is 4.21. The minimum atomic E-state index is -0.393. The standard InChI is InChI=1S/C13H11Cl3N2O/c14-8-5-10(16)12(6-9(8)15)19-13(7-17)11-3-1-2-4-18-11/h1-6,13H,7,17H2. The lowest BCUT2D eigenvalue weighted by molar-refractivity contribution is 0.209. The average Bonchev–Trinajstić information content (AvgIpc) is 2.42. The first-order valence-corrected chi connectivity index (χ1v) is 6.67. The molecule has 0 saturated carbocycles. The van der Waals surface area contributed by atoms with E-state index in [9.17, 15) is 0 Å². The maximum absolute atomic E-state index is 6.06. The van der Waals surface area contributed by atoms with Crippen molar-refractivity contribution in [2.45, 2.75) is 6.10 Å². The van der Waals surface area contributed by atoms with E-state index in [4.69, 9.17) is 45.3 Å². The van der Waals surface area contributed by atoms with Crippen LogP contribution in [-0.4, -0.2) is 11.5 Å². The summed E-state index contributed by atoms with van der Waals surface area (Å²) in [5.74, 6) is 0.428. The van der Waals surface area contributed by atoms with Crippen LogP contribution in [0.1, 0.15) is 11.8 Å². The van der Waals surface area contributed by atoms with E-state index < -0.39 is 6.10 Å². The molecule has 1 aromatic carbocycles. The predicted octanol–water partition coefficient (Wildman–Crippen LogP) is 4.12. The van der Waals surface area contributed by atoms with Crippen LogP contribution in [0.3, 0.4) is 0 Å². The third-order valence-corrected chi connectivity index (χ3v) is 3.49. The zero-order chi connectivity index (χ0) is 13.8. The third kappa shape index (κ3) is 3.51. The number of hydrogen-bond acceptors (Lipinski definition) is 3. The summed E-state index contributed by atoms with van der Waals surface area (Å²) < 4.78 is 5.75. The van der Waals surface area contributed by atoms with Gasteiger partial charge in [-0.15, -0.1) is 0 Å². The number of nitrogens with zero attached hydrogens (tertiary/aromatic N) is 1. The van der Waals surface area contributed by atoms with E-state index in [2.05, 4.69) is 4.98 Å². The molecule has 2 N–H and O–H groups in total. The molecule has 2 aromatic rings. The topological polar surface area (TPSA) is 48.1 Å². The van der Waals surface area contributed by atoms with E-state index in [-0.39, 0.29) is 6.54 Å². The summed E-state index contributed by atoms with van der Waals surface area (Å²) in [6.07, 6.45) is 1.29. The molecule has 0 bridgehead atoms. The Morgan fingerprint density at radius 2 is 1.84 bits per heavy atom. The Hall–Kier alpha value is -1.00. The number of benzene rings is 1. The summed E-state index contributed by atoms with van der Waals surface area (Å²) in [6, 6.07) is 8.63. The van der Waals surface area contributed by atoms with E-state index in [0.717, 1.165) is 5.69 Å². The lowest BCUT2D eigenvalue weighted by Gasteiger charge is -2.18. The molecule has 3 nitrogen and oxygen atoms in total. The molecule has 1 aromatic heterocycles. The lowest BCUT2D eigenvalue weighted by Crippen LogP contribution is -2.19. The highest BCUT2D eigenvalue weighted by Gasteiger charge is 2.15. The van der Waals surface area contributed by atoms with Crippen LogP contribution in [0.4, 0.5) is 0 Å². The van der Waals surface area contributed by atoms with Gasteiger partial charge in [-0.2, -0.15) is 0 Å². The van der Waals surface area contributed by atoms with Crippen LogP contribution in [0.25, 0.3) is 0 Å². The Morgan fingerprint density at radius 3 is 2.47 bits per heavy atom. The summed E-state index contributed by atoms with van der Waals surface area (Å²) >= 11 is 17.9. The fourth-order valence-corrected chi connectivity index (χ4v) is 2.12. The van der Waals surface area contributed by atoms with Gasteiger partial charge in [0.05, 0.1) is 20.8 Å². The molecular weight excluding hydrogens is 307 g/mol. The van der Waals surface area contributed by atoms with Gasteiger partial charge in [0.25, 0.3) is 0 Å². The van der Waals surface area contributed by atoms with Crippen molar-refractivity contribution in [2.75, 3.05) is 6.54 Å². The number of pyridine rings is 1. The summed E-state index contributed by atoms with van der Waals surface area (Å²) in [6.45, 7) is 0.271. The van der Waals surface area contributed by atoms with Gasteiger partial charge in [0.15, 0.2) is 6.10 Å². The van der Waals surface area contributed by atoms with E-state index >= 15 is 0 Å². The first-order chi connectivity index (χ1) is 9.11. The molecule has 0 amide bonds.